The maximum atomic E-state index is 10.7. The van der Waals surface area contributed by atoms with Crippen LogP contribution < -0.4 is 4.74 Å². The molecule has 1 unspecified atom stereocenters. The van der Waals surface area contributed by atoms with Gasteiger partial charge in [-0.25, -0.2) is 0 Å². The van der Waals surface area contributed by atoms with Gasteiger partial charge >= 0.3 is 0 Å². The minimum Gasteiger partial charge on any atom is -0.496 e. The molecule has 0 radical (unpaired) electrons. The highest BCUT2D eigenvalue weighted by molar-refractivity contribution is 7.26. The van der Waals surface area contributed by atoms with Crippen molar-refractivity contribution in [3.8, 4) is 5.75 Å². The van der Waals surface area contributed by atoms with Gasteiger partial charge in [0.2, 0.25) is 0 Å². The third kappa shape index (κ3) is 2.24. The molecule has 1 N–H and O–H groups in total. The summed E-state index contributed by atoms with van der Waals surface area (Å²) in [5.41, 5.74) is 3.06. The van der Waals surface area contributed by atoms with Crippen LogP contribution in [-0.2, 0) is 0 Å². The van der Waals surface area contributed by atoms with Gasteiger partial charge < -0.3 is 9.84 Å². The van der Waals surface area contributed by atoms with Gasteiger partial charge in [-0.05, 0) is 60.2 Å². The molecule has 0 saturated heterocycles. The number of fused-ring (bicyclic) bond motifs is 1. The highest BCUT2D eigenvalue weighted by atomic mass is 32.1. The Bertz CT molecular complexity index is 727. The topological polar surface area (TPSA) is 29.5 Å². The van der Waals surface area contributed by atoms with E-state index in [1.54, 1.807) is 29.8 Å². The van der Waals surface area contributed by atoms with Crippen LogP contribution in [0.5, 0.6) is 5.75 Å². The molecule has 0 fully saturated rings. The zero-order valence-corrected chi connectivity index (χ0v) is 13.3. The number of benzene rings is 1. The SMILES string of the molecule is COc1cc(C)c(C(O)c2cc3sccc3s2)cc1C. The smallest absolute Gasteiger partial charge is 0.122 e. The first-order valence-corrected chi connectivity index (χ1v) is 8.10. The molecule has 3 rings (SSSR count). The standard InChI is InChI=1S/C16H16O2S2/c1-9-7-12(18-3)10(2)6-11(9)16(17)15-8-14-13(20-15)4-5-19-14/h4-8,16-17H,1-3H3. The Hall–Kier alpha value is -1.36. The number of hydrogen-bond donors (Lipinski definition) is 1. The first-order valence-electron chi connectivity index (χ1n) is 6.40. The van der Waals surface area contributed by atoms with Gasteiger partial charge in [0, 0.05) is 14.3 Å². The van der Waals surface area contributed by atoms with Crippen molar-refractivity contribution in [1.82, 2.24) is 0 Å². The number of methoxy groups -OCH3 is 1. The molecule has 2 aromatic heterocycles. The van der Waals surface area contributed by atoms with Gasteiger partial charge in [0.15, 0.2) is 0 Å². The van der Waals surface area contributed by atoms with Crippen LogP contribution in [0.15, 0.2) is 29.6 Å². The monoisotopic (exact) mass is 304 g/mol. The predicted molar refractivity (Wildman–Crippen MR) is 86.2 cm³/mol. The summed E-state index contributed by atoms with van der Waals surface area (Å²) in [5, 5.41) is 12.7. The fourth-order valence-corrected chi connectivity index (χ4v) is 4.52. The Kier molecular flexibility index (Phi) is 3.54. The number of ether oxygens (including phenoxy) is 1. The molecule has 1 aromatic carbocycles. The fraction of sp³-hybridized carbons (Fsp3) is 0.250. The molecule has 0 aliphatic carbocycles. The third-order valence-corrected chi connectivity index (χ3v) is 5.65. The fourth-order valence-electron chi connectivity index (χ4n) is 2.40. The lowest BCUT2D eigenvalue weighted by Gasteiger charge is -2.15. The van der Waals surface area contributed by atoms with Crippen molar-refractivity contribution < 1.29 is 9.84 Å². The summed E-state index contributed by atoms with van der Waals surface area (Å²) in [6.45, 7) is 4.01. The summed E-state index contributed by atoms with van der Waals surface area (Å²) in [4.78, 5) is 1.000. The van der Waals surface area contributed by atoms with E-state index in [4.69, 9.17) is 4.74 Å². The number of thiophene rings is 2. The van der Waals surface area contributed by atoms with Crippen molar-refractivity contribution in [2.45, 2.75) is 20.0 Å². The average Bonchev–Trinajstić information content (AvgIpc) is 3.01. The molecule has 1 atom stereocenters. The Morgan fingerprint density at radius 2 is 1.90 bits per heavy atom. The van der Waals surface area contributed by atoms with Gasteiger partial charge in [0.1, 0.15) is 11.9 Å². The highest BCUT2D eigenvalue weighted by Gasteiger charge is 2.17. The van der Waals surface area contributed by atoms with E-state index in [0.717, 1.165) is 27.3 Å². The second kappa shape index (κ2) is 5.20. The molecule has 3 aromatic rings. The Balaban J connectivity index is 2.03. The normalized spacial score (nSPS) is 12.8. The van der Waals surface area contributed by atoms with Crippen molar-refractivity contribution in [2.24, 2.45) is 0 Å². The number of aliphatic hydroxyl groups is 1. The molecular weight excluding hydrogens is 288 g/mol. The average molecular weight is 304 g/mol. The van der Waals surface area contributed by atoms with E-state index in [2.05, 4.69) is 17.5 Å². The van der Waals surface area contributed by atoms with Crippen LogP contribution in [0.25, 0.3) is 9.40 Å². The highest BCUT2D eigenvalue weighted by Crippen LogP contribution is 2.37. The predicted octanol–water partition coefficient (Wildman–Crippen LogP) is 4.67. The third-order valence-electron chi connectivity index (χ3n) is 3.51. The van der Waals surface area contributed by atoms with Crippen LogP contribution >= 0.6 is 22.7 Å². The van der Waals surface area contributed by atoms with Crippen LogP contribution in [0.2, 0.25) is 0 Å². The van der Waals surface area contributed by atoms with Gasteiger partial charge in [0.05, 0.1) is 7.11 Å². The second-order valence-electron chi connectivity index (χ2n) is 4.88. The Labute approximate surface area is 126 Å². The van der Waals surface area contributed by atoms with E-state index >= 15 is 0 Å². The maximum Gasteiger partial charge on any atom is 0.122 e. The quantitative estimate of drug-likeness (QED) is 0.762. The van der Waals surface area contributed by atoms with E-state index in [9.17, 15) is 5.11 Å². The molecule has 0 aliphatic rings. The summed E-state index contributed by atoms with van der Waals surface area (Å²) >= 11 is 3.37. The second-order valence-corrected chi connectivity index (χ2v) is 6.94. The lowest BCUT2D eigenvalue weighted by molar-refractivity contribution is 0.223. The maximum absolute atomic E-state index is 10.7. The zero-order chi connectivity index (χ0) is 14.3. The molecule has 104 valence electrons. The van der Waals surface area contributed by atoms with Crippen molar-refractivity contribution >= 4 is 32.1 Å². The number of rotatable bonds is 3. The van der Waals surface area contributed by atoms with Crippen molar-refractivity contribution in [2.75, 3.05) is 7.11 Å². The van der Waals surface area contributed by atoms with Gasteiger partial charge in [-0.15, -0.1) is 22.7 Å². The van der Waals surface area contributed by atoms with Crippen molar-refractivity contribution in [3.05, 3.63) is 51.2 Å². The molecule has 0 saturated carbocycles. The number of hydrogen-bond acceptors (Lipinski definition) is 4. The lowest BCUT2D eigenvalue weighted by atomic mass is 9.99. The Morgan fingerprint density at radius 1 is 1.10 bits per heavy atom. The summed E-state index contributed by atoms with van der Waals surface area (Å²) < 4.78 is 7.81. The molecule has 0 spiro atoms. The van der Waals surface area contributed by atoms with E-state index in [-0.39, 0.29) is 0 Å². The molecule has 0 bridgehead atoms. The van der Waals surface area contributed by atoms with Gasteiger partial charge in [0.25, 0.3) is 0 Å². The minimum atomic E-state index is -0.566. The number of aliphatic hydroxyl groups excluding tert-OH is 1. The van der Waals surface area contributed by atoms with Crippen LogP contribution in [0, 0.1) is 13.8 Å². The van der Waals surface area contributed by atoms with E-state index < -0.39 is 6.10 Å². The van der Waals surface area contributed by atoms with Crippen molar-refractivity contribution in [3.63, 3.8) is 0 Å². The molecular formula is C16H16O2S2. The lowest BCUT2D eigenvalue weighted by Crippen LogP contribution is -2.01. The zero-order valence-electron chi connectivity index (χ0n) is 11.6. The van der Waals surface area contributed by atoms with Gasteiger partial charge in [-0.3, -0.25) is 0 Å². The first kappa shape index (κ1) is 13.6. The van der Waals surface area contributed by atoms with Crippen LogP contribution in [0.4, 0.5) is 0 Å². The molecule has 2 nitrogen and oxygen atoms in total. The summed E-state index contributed by atoms with van der Waals surface area (Å²) in [7, 11) is 1.67. The summed E-state index contributed by atoms with van der Waals surface area (Å²) in [6, 6.07) is 8.21. The van der Waals surface area contributed by atoms with E-state index in [1.807, 2.05) is 26.0 Å². The van der Waals surface area contributed by atoms with Crippen LogP contribution in [0.1, 0.15) is 27.7 Å². The molecule has 0 amide bonds. The van der Waals surface area contributed by atoms with E-state index in [1.165, 1.54) is 9.40 Å². The van der Waals surface area contributed by atoms with Crippen LogP contribution in [0.3, 0.4) is 0 Å². The Morgan fingerprint density at radius 3 is 2.60 bits per heavy atom. The van der Waals surface area contributed by atoms with Crippen molar-refractivity contribution in [1.29, 1.82) is 0 Å². The van der Waals surface area contributed by atoms with E-state index in [0.29, 0.717) is 0 Å². The molecule has 2 heterocycles. The summed E-state index contributed by atoms with van der Waals surface area (Å²) in [6.07, 6.45) is -0.566. The molecule has 20 heavy (non-hydrogen) atoms. The molecule has 0 aliphatic heterocycles. The molecule has 4 heteroatoms. The summed E-state index contributed by atoms with van der Waals surface area (Å²) in [5.74, 6) is 0.866. The largest absolute Gasteiger partial charge is 0.496 e. The van der Waals surface area contributed by atoms with Gasteiger partial charge in [-0.1, -0.05) is 0 Å². The minimum absolute atomic E-state index is 0.566. The first-order chi connectivity index (χ1) is 9.60. The van der Waals surface area contributed by atoms with Gasteiger partial charge in [-0.2, -0.15) is 0 Å². The van der Waals surface area contributed by atoms with Crippen LogP contribution in [-0.4, -0.2) is 12.2 Å². The number of aryl methyl sites for hydroxylation is 2.